The maximum Gasteiger partial charge on any atom is 0.151 e. The van der Waals surface area contributed by atoms with Gasteiger partial charge in [0.2, 0.25) is 0 Å². The van der Waals surface area contributed by atoms with Crippen LogP contribution in [0.1, 0.15) is 18.5 Å². The van der Waals surface area contributed by atoms with Crippen LogP contribution in [0.4, 0.5) is 0 Å². The van der Waals surface area contributed by atoms with Gasteiger partial charge < -0.3 is 10.6 Å². The van der Waals surface area contributed by atoms with E-state index in [4.69, 9.17) is 11.6 Å². The van der Waals surface area contributed by atoms with E-state index in [1.807, 2.05) is 0 Å². The van der Waals surface area contributed by atoms with E-state index in [1.54, 1.807) is 12.4 Å². The van der Waals surface area contributed by atoms with Gasteiger partial charge in [-0.2, -0.15) is 0 Å². The van der Waals surface area contributed by atoms with E-state index < -0.39 is 0 Å². The first-order valence-electron chi connectivity index (χ1n) is 5.26. The Morgan fingerprint density at radius 2 is 2.33 bits per heavy atom. The molecule has 1 atom stereocenters. The van der Waals surface area contributed by atoms with Crippen molar-refractivity contribution in [3.05, 3.63) is 23.2 Å². The van der Waals surface area contributed by atoms with Crippen LogP contribution in [-0.4, -0.2) is 29.1 Å². The molecule has 0 radical (unpaired) electrons. The number of nitrogens with one attached hydrogen (secondary N) is 2. The summed E-state index contributed by atoms with van der Waals surface area (Å²) >= 11 is 5.91. The number of rotatable bonds is 3. The van der Waals surface area contributed by atoms with Gasteiger partial charge in [-0.25, -0.2) is 4.98 Å². The highest BCUT2D eigenvalue weighted by Gasteiger charge is 2.12. The number of nitrogens with zero attached hydrogens (tertiary/aromatic N) is 2. The van der Waals surface area contributed by atoms with Crippen molar-refractivity contribution in [2.75, 3.05) is 13.1 Å². The molecule has 82 valence electrons. The average Bonchev–Trinajstić information content (AvgIpc) is 2.29. The summed E-state index contributed by atoms with van der Waals surface area (Å²) in [6, 6.07) is 0.525. The maximum atomic E-state index is 5.91. The Morgan fingerprint density at radius 1 is 1.47 bits per heavy atom. The molecule has 1 saturated heterocycles. The minimum atomic E-state index is 0.494. The van der Waals surface area contributed by atoms with Gasteiger partial charge in [0.25, 0.3) is 0 Å². The van der Waals surface area contributed by atoms with Crippen LogP contribution in [0, 0.1) is 0 Å². The van der Waals surface area contributed by atoms with Crippen LogP contribution >= 0.6 is 11.6 Å². The van der Waals surface area contributed by atoms with Crippen molar-refractivity contribution in [2.45, 2.75) is 25.4 Å². The molecule has 0 unspecified atom stereocenters. The third-order valence-electron chi connectivity index (χ3n) is 2.58. The van der Waals surface area contributed by atoms with Crippen LogP contribution in [0.15, 0.2) is 12.4 Å². The zero-order valence-corrected chi connectivity index (χ0v) is 9.30. The predicted octanol–water partition coefficient (Wildman–Crippen LogP) is 0.972. The fraction of sp³-hybridized carbons (Fsp3) is 0.600. The minimum Gasteiger partial charge on any atom is -0.315 e. The fourth-order valence-electron chi connectivity index (χ4n) is 1.74. The molecular weight excluding hydrogens is 212 g/mol. The number of halogens is 1. The van der Waals surface area contributed by atoms with Crippen LogP contribution in [0.5, 0.6) is 0 Å². The average molecular weight is 227 g/mol. The lowest BCUT2D eigenvalue weighted by molar-refractivity contribution is 0.387. The van der Waals surface area contributed by atoms with E-state index in [-0.39, 0.29) is 0 Å². The van der Waals surface area contributed by atoms with Crippen LogP contribution in [0.25, 0.3) is 0 Å². The highest BCUT2D eigenvalue weighted by Crippen LogP contribution is 2.09. The number of piperidine rings is 1. The molecule has 0 amide bonds. The Morgan fingerprint density at radius 3 is 3.07 bits per heavy atom. The third kappa shape index (κ3) is 3.12. The second kappa shape index (κ2) is 5.39. The normalized spacial score (nSPS) is 21.5. The molecule has 1 fully saturated rings. The molecule has 2 N–H and O–H groups in total. The quantitative estimate of drug-likeness (QED) is 0.807. The number of aromatic nitrogens is 2. The summed E-state index contributed by atoms with van der Waals surface area (Å²) in [4.78, 5) is 8.18. The smallest absolute Gasteiger partial charge is 0.151 e. The molecule has 0 aromatic carbocycles. The topological polar surface area (TPSA) is 49.8 Å². The van der Waals surface area contributed by atoms with Gasteiger partial charge in [0.15, 0.2) is 5.15 Å². The van der Waals surface area contributed by atoms with Crippen molar-refractivity contribution in [1.29, 1.82) is 0 Å². The van der Waals surface area contributed by atoms with E-state index in [1.165, 1.54) is 12.8 Å². The zero-order valence-electron chi connectivity index (χ0n) is 8.54. The molecule has 0 saturated carbocycles. The summed E-state index contributed by atoms with van der Waals surface area (Å²) in [5.74, 6) is 0. The molecule has 4 nitrogen and oxygen atoms in total. The van der Waals surface area contributed by atoms with Crippen LogP contribution in [0.2, 0.25) is 5.15 Å². The van der Waals surface area contributed by atoms with Crippen LogP contribution in [-0.2, 0) is 6.54 Å². The van der Waals surface area contributed by atoms with E-state index in [9.17, 15) is 0 Å². The molecule has 1 aromatic heterocycles. The first kappa shape index (κ1) is 10.8. The lowest BCUT2D eigenvalue weighted by Gasteiger charge is -2.23. The first-order valence-corrected chi connectivity index (χ1v) is 5.63. The highest BCUT2D eigenvalue weighted by atomic mass is 35.5. The lowest BCUT2D eigenvalue weighted by Crippen LogP contribution is -2.42. The van der Waals surface area contributed by atoms with Gasteiger partial charge >= 0.3 is 0 Å². The molecule has 2 rings (SSSR count). The molecule has 15 heavy (non-hydrogen) atoms. The van der Waals surface area contributed by atoms with E-state index in [0.29, 0.717) is 17.7 Å². The van der Waals surface area contributed by atoms with Crippen molar-refractivity contribution in [2.24, 2.45) is 0 Å². The lowest BCUT2D eigenvalue weighted by atomic mass is 10.1. The molecular formula is C10H15ClN4. The summed E-state index contributed by atoms with van der Waals surface area (Å²) < 4.78 is 0. The van der Waals surface area contributed by atoms with Crippen molar-refractivity contribution in [3.8, 4) is 0 Å². The second-order valence-electron chi connectivity index (χ2n) is 3.72. The second-order valence-corrected chi connectivity index (χ2v) is 4.08. The van der Waals surface area contributed by atoms with Gasteiger partial charge in [-0.3, -0.25) is 4.98 Å². The van der Waals surface area contributed by atoms with Gasteiger partial charge in [-0.05, 0) is 19.4 Å². The van der Waals surface area contributed by atoms with Crippen molar-refractivity contribution in [3.63, 3.8) is 0 Å². The summed E-state index contributed by atoms with van der Waals surface area (Å²) in [6.45, 7) is 2.85. The fourth-order valence-corrected chi connectivity index (χ4v) is 1.91. The van der Waals surface area contributed by atoms with Gasteiger partial charge in [-0.1, -0.05) is 11.6 Å². The molecule has 2 heterocycles. The summed E-state index contributed by atoms with van der Waals surface area (Å²) in [6.07, 6.45) is 5.72. The molecule has 0 aliphatic carbocycles. The number of hydrogen-bond acceptors (Lipinski definition) is 4. The highest BCUT2D eigenvalue weighted by molar-refractivity contribution is 6.29. The predicted molar refractivity (Wildman–Crippen MR) is 59.8 cm³/mol. The molecule has 1 aromatic rings. The summed E-state index contributed by atoms with van der Waals surface area (Å²) in [5.41, 5.74) is 0.824. The van der Waals surface area contributed by atoms with Crippen molar-refractivity contribution >= 4 is 11.6 Å². The zero-order chi connectivity index (χ0) is 10.5. The van der Waals surface area contributed by atoms with Gasteiger partial charge in [0.1, 0.15) is 0 Å². The molecule has 5 heteroatoms. The van der Waals surface area contributed by atoms with Crippen molar-refractivity contribution < 1.29 is 0 Å². The third-order valence-corrected chi connectivity index (χ3v) is 2.89. The van der Waals surface area contributed by atoms with Gasteiger partial charge in [0.05, 0.1) is 5.69 Å². The number of hydrogen-bond donors (Lipinski definition) is 2. The Bertz CT molecular complexity index is 312. The largest absolute Gasteiger partial charge is 0.315 e. The Labute approximate surface area is 94.5 Å². The standard InChI is InChI=1S/C10H15ClN4/c11-10-9(13-4-5-14-10)7-15-8-2-1-3-12-6-8/h4-5,8,12,15H,1-3,6-7H2/t8-/m1/s1. The van der Waals surface area contributed by atoms with Gasteiger partial charge in [0, 0.05) is 31.5 Å². The van der Waals surface area contributed by atoms with Crippen LogP contribution in [0.3, 0.4) is 0 Å². The molecule has 1 aliphatic rings. The van der Waals surface area contributed by atoms with E-state index in [0.717, 1.165) is 18.8 Å². The Kier molecular flexibility index (Phi) is 3.88. The summed E-state index contributed by atoms with van der Waals surface area (Å²) in [5, 5.41) is 7.28. The molecule has 1 aliphatic heterocycles. The van der Waals surface area contributed by atoms with E-state index >= 15 is 0 Å². The maximum absolute atomic E-state index is 5.91. The Hall–Kier alpha value is -0.710. The Balaban J connectivity index is 1.84. The van der Waals surface area contributed by atoms with Gasteiger partial charge in [-0.15, -0.1) is 0 Å². The molecule has 0 bridgehead atoms. The monoisotopic (exact) mass is 226 g/mol. The molecule has 0 spiro atoms. The van der Waals surface area contributed by atoms with E-state index in [2.05, 4.69) is 20.6 Å². The van der Waals surface area contributed by atoms with Crippen LogP contribution < -0.4 is 10.6 Å². The van der Waals surface area contributed by atoms with Crippen molar-refractivity contribution in [1.82, 2.24) is 20.6 Å². The first-order chi connectivity index (χ1) is 7.36. The summed E-state index contributed by atoms with van der Waals surface area (Å²) in [7, 11) is 0. The SMILES string of the molecule is Clc1nccnc1CN[C@@H]1CCCNC1. The minimum absolute atomic E-state index is 0.494.